The van der Waals surface area contributed by atoms with Crippen LogP contribution >= 0.6 is 0 Å². The molecular weight excluding hydrogens is 290 g/mol. The van der Waals surface area contributed by atoms with Crippen LogP contribution in [0, 0.1) is 11.3 Å². The largest absolute Gasteiger partial charge is 0.441 e. The quantitative estimate of drug-likeness (QED) is 0.822. The van der Waals surface area contributed by atoms with Crippen molar-refractivity contribution in [3.8, 4) is 0 Å². The molecular formula is C18H23N3O2. The predicted molar refractivity (Wildman–Crippen MR) is 85.9 cm³/mol. The molecule has 4 aliphatic rings. The number of hydrogen-bond acceptors (Lipinski definition) is 5. The zero-order valence-corrected chi connectivity index (χ0v) is 13.3. The van der Waals surface area contributed by atoms with E-state index in [2.05, 4.69) is 15.3 Å². The van der Waals surface area contributed by atoms with E-state index in [9.17, 15) is 5.11 Å². The van der Waals surface area contributed by atoms with Crippen LogP contribution in [0.15, 0.2) is 16.7 Å². The molecule has 0 amide bonds. The third-order valence-electron chi connectivity index (χ3n) is 5.92. The standard InChI is InChI=1S/C18H23N3O2/c22-10-13(7-18-4-11(5-18)6-18)19-8-14-9-20-17-15(21-14)3-16(23-17)12-1-2-12/h3,9,11-13,19,22H,1-2,4-8,10H2/t11?,13-,18?/m1/s1. The Hall–Kier alpha value is -1.46. The van der Waals surface area contributed by atoms with Crippen molar-refractivity contribution in [2.45, 2.75) is 57.0 Å². The van der Waals surface area contributed by atoms with Crippen LogP contribution in [0.1, 0.15) is 55.9 Å². The van der Waals surface area contributed by atoms with Crippen molar-refractivity contribution in [3.63, 3.8) is 0 Å². The summed E-state index contributed by atoms with van der Waals surface area (Å²) in [5.41, 5.74) is 2.95. The molecule has 0 saturated heterocycles. The molecule has 2 aromatic heterocycles. The molecule has 5 nitrogen and oxygen atoms in total. The van der Waals surface area contributed by atoms with Crippen molar-refractivity contribution in [3.05, 3.63) is 23.7 Å². The smallest absolute Gasteiger partial charge is 0.245 e. The number of furan rings is 1. The first-order valence-corrected chi connectivity index (χ1v) is 8.83. The second kappa shape index (κ2) is 5.02. The van der Waals surface area contributed by atoms with Gasteiger partial charge in [0.25, 0.3) is 0 Å². The first-order valence-electron chi connectivity index (χ1n) is 8.83. The number of aromatic nitrogens is 2. The minimum atomic E-state index is 0.167. The molecule has 1 atom stereocenters. The van der Waals surface area contributed by atoms with E-state index in [0.29, 0.717) is 23.6 Å². The fourth-order valence-corrected chi connectivity index (χ4v) is 4.41. The summed E-state index contributed by atoms with van der Waals surface area (Å²) in [4.78, 5) is 9.05. The van der Waals surface area contributed by atoms with Crippen molar-refractivity contribution < 1.29 is 9.52 Å². The van der Waals surface area contributed by atoms with Gasteiger partial charge in [-0.15, -0.1) is 0 Å². The monoisotopic (exact) mass is 313 g/mol. The van der Waals surface area contributed by atoms with Crippen molar-refractivity contribution in [2.75, 3.05) is 6.61 Å². The highest BCUT2D eigenvalue weighted by Gasteiger charge is 2.56. The summed E-state index contributed by atoms with van der Waals surface area (Å²) in [5, 5.41) is 13.1. The lowest BCUT2D eigenvalue weighted by molar-refractivity contribution is -0.120. The van der Waals surface area contributed by atoms with Gasteiger partial charge in [0.05, 0.1) is 18.5 Å². The van der Waals surface area contributed by atoms with E-state index >= 15 is 0 Å². The Morgan fingerprint density at radius 1 is 1.35 bits per heavy atom. The lowest BCUT2D eigenvalue weighted by Gasteiger charge is -2.63. The van der Waals surface area contributed by atoms with E-state index in [1.807, 2.05) is 6.07 Å². The van der Waals surface area contributed by atoms with Gasteiger partial charge < -0.3 is 14.8 Å². The molecule has 23 heavy (non-hydrogen) atoms. The summed E-state index contributed by atoms with van der Waals surface area (Å²) in [7, 11) is 0. The van der Waals surface area contributed by atoms with Gasteiger partial charge in [-0.25, -0.2) is 9.97 Å². The van der Waals surface area contributed by atoms with Gasteiger partial charge in [-0.1, -0.05) is 0 Å². The third-order valence-corrected chi connectivity index (χ3v) is 5.92. The number of aliphatic hydroxyl groups excluding tert-OH is 1. The van der Waals surface area contributed by atoms with Crippen LogP contribution in [0.2, 0.25) is 0 Å². The summed E-state index contributed by atoms with van der Waals surface area (Å²) in [5.74, 6) is 2.60. The molecule has 2 aromatic rings. The van der Waals surface area contributed by atoms with Gasteiger partial charge in [-0.05, 0) is 49.9 Å². The summed E-state index contributed by atoms with van der Waals surface area (Å²) < 4.78 is 5.75. The topological polar surface area (TPSA) is 71.2 Å². The fraction of sp³-hybridized carbons (Fsp3) is 0.667. The molecule has 0 radical (unpaired) electrons. The number of hydrogen-bond donors (Lipinski definition) is 2. The zero-order valence-electron chi connectivity index (χ0n) is 13.3. The van der Waals surface area contributed by atoms with Crippen molar-refractivity contribution in [1.29, 1.82) is 0 Å². The van der Waals surface area contributed by atoms with Crippen molar-refractivity contribution in [2.24, 2.45) is 11.3 Å². The summed E-state index contributed by atoms with van der Waals surface area (Å²) in [6.45, 7) is 0.844. The second-order valence-corrected chi connectivity index (χ2v) is 7.92. The van der Waals surface area contributed by atoms with E-state index in [4.69, 9.17) is 4.42 Å². The average Bonchev–Trinajstić information content (AvgIpc) is 3.24. The van der Waals surface area contributed by atoms with E-state index in [0.717, 1.165) is 29.3 Å². The molecule has 0 unspecified atom stereocenters. The van der Waals surface area contributed by atoms with Crippen molar-refractivity contribution >= 4 is 11.2 Å². The summed E-state index contributed by atoms with van der Waals surface area (Å²) in [6, 6.07) is 2.20. The molecule has 2 N–H and O–H groups in total. The Labute approximate surface area is 135 Å². The number of fused-ring (bicyclic) bond motifs is 1. The number of aliphatic hydroxyl groups is 1. The predicted octanol–water partition coefficient (Wildman–Crippen LogP) is 2.74. The Bertz CT molecular complexity index is 720. The highest BCUT2D eigenvalue weighted by Crippen LogP contribution is 2.66. The molecule has 122 valence electrons. The number of nitrogens with zero attached hydrogens (tertiary/aromatic N) is 2. The maximum atomic E-state index is 9.63. The highest BCUT2D eigenvalue weighted by atomic mass is 16.3. The van der Waals surface area contributed by atoms with Gasteiger partial charge >= 0.3 is 0 Å². The van der Waals surface area contributed by atoms with Gasteiger partial charge in [0.1, 0.15) is 11.3 Å². The Kier molecular flexibility index (Phi) is 3.04. The van der Waals surface area contributed by atoms with E-state index < -0.39 is 0 Å². The van der Waals surface area contributed by atoms with Gasteiger partial charge in [-0.3, -0.25) is 0 Å². The second-order valence-electron chi connectivity index (χ2n) is 7.92. The van der Waals surface area contributed by atoms with Crippen LogP contribution in [-0.2, 0) is 6.54 Å². The maximum absolute atomic E-state index is 9.63. The third kappa shape index (κ3) is 2.46. The Morgan fingerprint density at radius 3 is 2.83 bits per heavy atom. The summed E-state index contributed by atoms with van der Waals surface area (Å²) in [6.07, 6.45) is 9.42. The summed E-state index contributed by atoms with van der Waals surface area (Å²) >= 11 is 0. The van der Waals surface area contributed by atoms with Crippen LogP contribution in [0.5, 0.6) is 0 Å². The molecule has 0 aliphatic heterocycles. The highest BCUT2D eigenvalue weighted by molar-refractivity contribution is 5.69. The average molecular weight is 313 g/mol. The van der Waals surface area contributed by atoms with Gasteiger partial charge in [0.15, 0.2) is 0 Å². The minimum Gasteiger partial charge on any atom is -0.441 e. The Balaban J connectivity index is 1.24. The normalized spacial score (nSPS) is 30.0. The molecule has 2 bridgehead atoms. The first kappa shape index (κ1) is 13.9. The van der Waals surface area contributed by atoms with Crippen LogP contribution in [0.3, 0.4) is 0 Å². The van der Waals surface area contributed by atoms with Crippen LogP contribution in [-0.4, -0.2) is 27.7 Å². The lowest BCUT2D eigenvalue weighted by Crippen LogP contribution is -2.55. The van der Waals surface area contributed by atoms with E-state index in [-0.39, 0.29) is 12.6 Å². The molecule has 5 heteroatoms. The van der Waals surface area contributed by atoms with Gasteiger partial charge in [0, 0.05) is 24.6 Å². The molecule has 0 aromatic carbocycles. The molecule has 4 saturated carbocycles. The zero-order chi connectivity index (χ0) is 15.4. The minimum absolute atomic E-state index is 0.167. The van der Waals surface area contributed by atoms with Crippen LogP contribution in [0.25, 0.3) is 11.2 Å². The molecule has 0 spiro atoms. The molecule has 4 aliphatic carbocycles. The molecule has 4 fully saturated rings. The van der Waals surface area contributed by atoms with E-state index in [1.54, 1.807) is 6.20 Å². The van der Waals surface area contributed by atoms with Crippen LogP contribution < -0.4 is 5.32 Å². The number of rotatable bonds is 7. The van der Waals surface area contributed by atoms with E-state index in [1.165, 1.54) is 32.1 Å². The van der Waals surface area contributed by atoms with Crippen molar-refractivity contribution in [1.82, 2.24) is 15.3 Å². The Morgan fingerprint density at radius 2 is 2.17 bits per heavy atom. The van der Waals surface area contributed by atoms with Crippen LogP contribution in [0.4, 0.5) is 0 Å². The maximum Gasteiger partial charge on any atom is 0.245 e. The molecule has 6 rings (SSSR count). The molecule has 2 heterocycles. The van der Waals surface area contributed by atoms with Gasteiger partial charge in [0.2, 0.25) is 5.71 Å². The number of nitrogens with one attached hydrogen (secondary N) is 1. The van der Waals surface area contributed by atoms with Gasteiger partial charge in [-0.2, -0.15) is 0 Å². The lowest BCUT2D eigenvalue weighted by atomic mass is 9.43. The SMILES string of the molecule is OC[C@@H](CC12CC(C1)C2)NCc1cnc2oc(C3CC3)cc2n1. The fourth-order valence-electron chi connectivity index (χ4n) is 4.41. The first-order chi connectivity index (χ1) is 11.2.